The number of rotatable bonds is 5. The lowest BCUT2D eigenvalue weighted by atomic mass is 9.98. The first-order valence-corrected chi connectivity index (χ1v) is 7.46. The van der Waals surface area contributed by atoms with Crippen molar-refractivity contribution in [2.75, 3.05) is 0 Å². The molecule has 0 aliphatic heterocycles. The maximum absolute atomic E-state index is 6.00. The van der Waals surface area contributed by atoms with Crippen LogP contribution in [0.3, 0.4) is 0 Å². The molecule has 2 heteroatoms. The van der Waals surface area contributed by atoms with Gasteiger partial charge in [-0.25, -0.2) is 0 Å². The van der Waals surface area contributed by atoms with Gasteiger partial charge in [-0.05, 0) is 30.0 Å². The van der Waals surface area contributed by atoms with E-state index in [1.807, 2.05) is 24.3 Å². The van der Waals surface area contributed by atoms with Gasteiger partial charge in [0, 0.05) is 10.0 Å². The molecule has 0 heterocycles. The standard InChI is InChI=1S/C17H19BrO/c1-3-13(2)15-9-5-7-11-17(15)19-12-14-8-4-6-10-16(14)18/h4-11,13H,3,12H2,1-2H3. The van der Waals surface area contributed by atoms with E-state index in [-0.39, 0.29) is 0 Å². The predicted octanol–water partition coefficient (Wildman–Crippen LogP) is 5.54. The van der Waals surface area contributed by atoms with Crippen LogP contribution >= 0.6 is 15.9 Å². The number of hydrogen-bond donors (Lipinski definition) is 0. The summed E-state index contributed by atoms with van der Waals surface area (Å²) in [5.41, 5.74) is 2.46. The molecule has 0 N–H and O–H groups in total. The minimum atomic E-state index is 0.524. The Bertz CT molecular complexity index is 536. The van der Waals surface area contributed by atoms with Gasteiger partial charge in [0.15, 0.2) is 0 Å². The van der Waals surface area contributed by atoms with Crippen LogP contribution in [-0.4, -0.2) is 0 Å². The van der Waals surface area contributed by atoms with E-state index in [4.69, 9.17) is 4.74 Å². The molecule has 19 heavy (non-hydrogen) atoms. The van der Waals surface area contributed by atoms with Gasteiger partial charge in [0.25, 0.3) is 0 Å². The molecule has 2 aromatic rings. The fourth-order valence-corrected chi connectivity index (χ4v) is 2.41. The summed E-state index contributed by atoms with van der Waals surface area (Å²) in [4.78, 5) is 0. The van der Waals surface area contributed by atoms with Crippen LogP contribution < -0.4 is 4.74 Å². The molecule has 1 atom stereocenters. The van der Waals surface area contributed by atoms with E-state index in [2.05, 4.69) is 54.0 Å². The molecule has 0 radical (unpaired) electrons. The van der Waals surface area contributed by atoms with Gasteiger partial charge in [-0.1, -0.05) is 66.2 Å². The molecule has 0 saturated carbocycles. The van der Waals surface area contributed by atoms with E-state index < -0.39 is 0 Å². The van der Waals surface area contributed by atoms with Crippen LogP contribution in [0.1, 0.15) is 37.3 Å². The molecule has 100 valence electrons. The molecule has 2 aromatic carbocycles. The molecule has 0 aromatic heterocycles. The topological polar surface area (TPSA) is 9.23 Å². The van der Waals surface area contributed by atoms with Crippen LogP contribution in [0.2, 0.25) is 0 Å². The average Bonchev–Trinajstić information content (AvgIpc) is 2.46. The Labute approximate surface area is 123 Å². The third kappa shape index (κ3) is 3.60. The summed E-state index contributed by atoms with van der Waals surface area (Å²) in [6.45, 7) is 5.03. The third-order valence-corrected chi connectivity index (χ3v) is 4.18. The van der Waals surface area contributed by atoms with Crippen LogP contribution in [0, 0.1) is 0 Å². The van der Waals surface area contributed by atoms with Crippen LogP contribution in [0.25, 0.3) is 0 Å². The smallest absolute Gasteiger partial charge is 0.123 e. The Balaban J connectivity index is 2.14. The van der Waals surface area contributed by atoms with E-state index in [0.717, 1.165) is 16.6 Å². The van der Waals surface area contributed by atoms with Gasteiger partial charge in [0.05, 0.1) is 0 Å². The highest BCUT2D eigenvalue weighted by Crippen LogP contribution is 2.29. The molecule has 2 rings (SSSR count). The number of ether oxygens (including phenoxy) is 1. The van der Waals surface area contributed by atoms with E-state index in [1.165, 1.54) is 11.1 Å². The van der Waals surface area contributed by atoms with Crippen LogP contribution in [0.4, 0.5) is 0 Å². The van der Waals surface area contributed by atoms with E-state index >= 15 is 0 Å². The normalized spacial score (nSPS) is 12.2. The Morgan fingerprint density at radius 2 is 1.74 bits per heavy atom. The zero-order chi connectivity index (χ0) is 13.7. The third-order valence-electron chi connectivity index (χ3n) is 3.40. The predicted molar refractivity (Wildman–Crippen MR) is 83.6 cm³/mol. The van der Waals surface area contributed by atoms with Gasteiger partial charge in [-0.3, -0.25) is 0 Å². The summed E-state index contributed by atoms with van der Waals surface area (Å²) in [6, 6.07) is 16.5. The first-order chi connectivity index (χ1) is 9.22. The molecule has 0 aliphatic rings. The average molecular weight is 319 g/mol. The molecule has 0 bridgehead atoms. The fourth-order valence-electron chi connectivity index (χ4n) is 2.01. The maximum Gasteiger partial charge on any atom is 0.123 e. The summed E-state index contributed by atoms with van der Waals surface area (Å²) in [5, 5.41) is 0. The highest BCUT2D eigenvalue weighted by atomic mass is 79.9. The number of halogens is 1. The van der Waals surface area contributed by atoms with Crippen molar-refractivity contribution in [2.45, 2.75) is 32.8 Å². The SMILES string of the molecule is CCC(C)c1ccccc1OCc1ccccc1Br. The maximum atomic E-state index is 6.00. The molecule has 0 amide bonds. The quantitative estimate of drug-likeness (QED) is 0.703. The van der Waals surface area contributed by atoms with Crippen molar-refractivity contribution in [1.82, 2.24) is 0 Å². The number of para-hydroxylation sites is 1. The zero-order valence-electron chi connectivity index (χ0n) is 11.4. The molecule has 0 spiro atoms. The zero-order valence-corrected chi connectivity index (χ0v) is 13.0. The van der Waals surface area contributed by atoms with Crippen molar-refractivity contribution in [3.8, 4) is 5.75 Å². The van der Waals surface area contributed by atoms with Gasteiger partial charge in [-0.2, -0.15) is 0 Å². The van der Waals surface area contributed by atoms with Gasteiger partial charge in [0.2, 0.25) is 0 Å². The van der Waals surface area contributed by atoms with Crippen molar-refractivity contribution >= 4 is 15.9 Å². The molecular formula is C17H19BrO. The lowest BCUT2D eigenvalue weighted by Gasteiger charge is -2.16. The lowest BCUT2D eigenvalue weighted by molar-refractivity contribution is 0.300. The van der Waals surface area contributed by atoms with Crippen molar-refractivity contribution in [3.05, 3.63) is 64.1 Å². The van der Waals surface area contributed by atoms with Gasteiger partial charge >= 0.3 is 0 Å². The molecule has 0 aliphatic carbocycles. The summed E-state index contributed by atoms with van der Waals surface area (Å²) in [5.74, 6) is 1.52. The highest BCUT2D eigenvalue weighted by Gasteiger charge is 2.09. The van der Waals surface area contributed by atoms with Crippen molar-refractivity contribution in [2.24, 2.45) is 0 Å². The van der Waals surface area contributed by atoms with Crippen LogP contribution in [0.5, 0.6) is 5.75 Å². The van der Waals surface area contributed by atoms with Crippen molar-refractivity contribution in [1.29, 1.82) is 0 Å². The summed E-state index contributed by atoms with van der Waals surface area (Å²) in [6.07, 6.45) is 1.12. The monoisotopic (exact) mass is 318 g/mol. The molecule has 0 fully saturated rings. The van der Waals surface area contributed by atoms with E-state index in [0.29, 0.717) is 12.5 Å². The van der Waals surface area contributed by atoms with Gasteiger partial charge < -0.3 is 4.74 Å². The number of benzene rings is 2. The minimum Gasteiger partial charge on any atom is -0.489 e. The van der Waals surface area contributed by atoms with E-state index in [9.17, 15) is 0 Å². The van der Waals surface area contributed by atoms with Crippen LogP contribution in [0.15, 0.2) is 53.0 Å². The Morgan fingerprint density at radius 3 is 2.47 bits per heavy atom. The Morgan fingerprint density at radius 1 is 1.05 bits per heavy atom. The Hall–Kier alpha value is -1.28. The summed E-state index contributed by atoms with van der Waals surface area (Å²) < 4.78 is 7.09. The minimum absolute atomic E-state index is 0.524. The Kier molecular flexibility index (Phi) is 5.03. The van der Waals surface area contributed by atoms with Crippen LogP contribution in [-0.2, 0) is 6.61 Å². The lowest BCUT2D eigenvalue weighted by Crippen LogP contribution is -2.01. The molecular weight excluding hydrogens is 300 g/mol. The van der Waals surface area contributed by atoms with Crippen molar-refractivity contribution < 1.29 is 4.74 Å². The second-order valence-corrected chi connectivity index (χ2v) is 5.58. The summed E-state index contributed by atoms with van der Waals surface area (Å²) >= 11 is 3.55. The first kappa shape index (κ1) is 14.1. The molecule has 1 nitrogen and oxygen atoms in total. The van der Waals surface area contributed by atoms with Gasteiger partial charge in [-0.15, -0.1) is 0 Å². The molecule has 0 saturated heterocycles. The summed E-state index contributed by atoms with van der Waals surface area (Å²) in [7, 11) is 0. The first-order valence-electron chi connectivity index (χ1n) is 6.67. The van der Waals surface area contributed by atoms with Gasteiger partial charge in [0.1, 0.15) is 12.4 Å². The van der Waals surface area contributed by atoms with E-state index in [1.54, 1.807) is 0 Å². The number of hydrogen-bond acceptors (Lipinski definition) is 1. The fraction of sp³-hybridized carbons (Fsp3) is 0.294. The second-order valence-electron chi connectivity index (χ2n) is 4.73. The molecule has 1 unspecified atom stereocenters. The van der Waals surface area contributed by atoms with Crippen molar-refractivity contribution in [3.63, 3.8) is 0 Å². The second kappa shape index (κ2) is 6.76. The highest BCUT2D eigenvalue weighted by molar-refractivity contribution is 9.10. The largest absolute Gasteiger partial charge is 0.489 e.